The van der Waals surface area contributed by atoms with Crippen molar-refractivity contribution in [3.05, 3.63) is 6.92 Å². The fourth-order valence-electron chi connectivity index (χ4n) is 0. The highest BCUT2D eigenvalue weighted by molar-refractivity contribution is 3.94. The van der Waals surface area contributed by atoms with Crippen LogP contribution < -0.4 is 0 Å². The Morgan fingerprint density at radius 1 is 0.833 bits per heavy atom. The lowest BCUT2D eigenvalue weighted by molar-refractivity contribution is 1.50. The van der Waals surface area contributed by atoms with Crippen LogP contribution in [0, 0.1) is 6.92 Å². The second-order valence-corrected chi connectivity index (χ2v) is 0. The molecule has 0 unspecified atom stereocenters. The molecule has 0 aromatic heterocycles. The minimum absolute atomic E-state index is 0. The van der Waals surface area contributed by atoms with Crippen LogP contribution in [0.1, 0.15) is 35.6 Å². The molecule has 0 amide bonds. The third-order valence-electron chi connectivity index (χ3n) is 0. The third-order valence-corrected chi connectivity index (χ3v) is 0. The Morgan fingerprint density at radius 2 is 0.833 bits per heavy atom. The summed E-state index contributed by atoms with van der Waals surface area (Å²) in [4.78, 5) is 0. The Bertz CT molecular complexity index is 0. The van der Waals surface area contributed by atoms with Gasteiger partial charge in [0.1, 0.15) is 0 Å². The van der Waals surface area contributed by atoms with Crippen LogP contribution in [0.4, 0.5) is 0 Å². The average molecular weight is 91.2 g/mol. The monoisotopic (exact) mass is 91.1 g/mol. The van der Waals surface area contributed by atoms with Crippen LogP contribution in [0.25, 0.3) is 0 Å². The summed E-state index contributed by atoms with van der Waals surface area (Å²) in [5.74, 6) is 0. The van der Waals surface area contributed by atoms with Gasteiger partial charge in [-0.25, -0.2) is 0 Å². The molecule has 0 aliphatic carbocycles. The van der Waals surface area contributed by atoms with Gasteiger partial charge in [-0.15, -0.1) is 0 Å². The predicted octanol–water partition coefficient (Wildman–Crippen LogP) is 3.14. The molecule has 0 saturated heterocycles. The topological polar surface area (TPSA) is 0 Å². The first-order valence-electron chi connectivity index (χ1n) is 1.71. The van der Waals surface area contributed by atoms with Gasteiger partial charge in [-0.1, -0.05) is 28.7 Å². The summed E-state index contributed by atoms with van der Waals surface area (Å²) in [6, 6.07) is 0. The summed E-state index contributed by atoms with van der Waals surface area (Å²) in [5, 5.41) is 0. The number of hydrogen-bond donors (Lipinski definition) is 0. The molecular formula is C6H19-. The smallest absolute Gasteiger partial charge is 0.0683 e. The van der Waals surface area contributed by atoms with E-state index in [4.69, 9.17) is 0 Å². The van der Waals surface area contributed by atoms with Gasteiger partial charge in [0, 0.05) is 0 Å². The van der Waals surface area contributed by atoms with E-state index in [-0.39, 0.29) is 14.9 Å². The van der Waals surface area contributed by atoms with Gasteiger partial charge in [-0.2, -0.15) is 6.92 Å². The van der Waals surface area contributed by atoms with E-state index in [0.29, 0.717) is 0 Å². The largest absolute Gasteiger partial charge is 0.346 e. The van der Waals surface area contributed by atoms with Gasteiger partial charge in [-0.05, 0) is 0 Å². The van der Waals surface area contributed by atoms with Crippen molar-refractivity contribution in [3.63, 3.8) is 0 Å². The van der Waals surface area contributed by atoms with E-state index < -0.39 is 0 Å². The zero-order valence-corrected chi connectivity index (χ0v) is 3.71. The Hall–Kier alpha value is 0. The molecule has 0 N–H and O–H groups in total. The molecule has 0 spiro atoms. The molecule has 0 aromatic rings. The van der Waals surface area contributed by atoms with Crippen LogP contribution in [-0.4, -0.2) is 0 Å². The van der Waals surface area contributed by atoms with Crippen LogP contribution in [0.2, 0.25) is 0 Å². The molecular weight excluding hydrogens is 72.1 g/mol. The maximum absolute atomic E-state index is 3.25. The van der Waals surface area contributed by atoms with Gasteiger partial charge in [0.05, 0.1) is 0 Å². The molecule has 0 fully saturated rings. The summed E-state index contributed by atoms with van der Waals surface area (Å²) in [5.41, 5.74) is 0. The van der Waals surface area contributed by atoms with Gasteiger partial charge in [0.25, 0.3) is 0 Å². The van der Waals surface area contributed by atoms with Crippen molar-refractivity contribution in [1.82, 2.24) is 0 Å². The first-order chi connectivity index (χ1) is 2.00. The highest BCUT2D eigenvalue weighted by Gasteiger charge is 0.932. The molecule has 0 heteroatoms. The van der Waals surface area contributed by atoms with Crippen molar-refractivity contribution in [2.24, 2.45) is 0 Å². The lowest BCUT2D eigenvalue weighted by Gasteiger charge is -1.27. The van der Waals surface area contributed by atoms with E-state index in [1.165, 1.54) is 0 Å². The van der Waals surface area contributed by atoms with E-state index in [9.17, 15) is 0 Å². The van der Waals surface area contributed by atoms with Gasteiger partial charge in [-0.3, -0.25) is 0 Å². The lowest BCUT2D eigenvalue weighted by atomic mass is 11.0. The summed E-state index contributed by atoms with van der Waals surface area (Å²) in [6.07, 6.45) is 0. The summed E-state index contributed by atoms with van der Waals surface area (Å²) >= 11 is 0. The molecule has 0 atom stereocenters. The summed E-state index contributed by atoms with van der Waals surface area (Å²) in [7, 11) is 0. The highest BCUT2D eigenvalue weighted by atomic mass is 13.0. The Labute approximate surface area is 43.6 Å². The van der Waals surface area contributed by atoms with E-state index in [0.717, 1.165) is 0 Å². The number of rotatable bonds is 0. The molecule has 0 aromatic carbocycles. The third kappa shape index (κ3) is 0. The number of hydrogen-bond acceptors (Lipinski definition) is 0. The fraction of sp³-hybridized carbons (Fsp3) is 0.833. The van der Waals surface area contributed by atoms with E-state index in [2.05, 4.69) is 6.92 Å². The van der Waals surface area contributed by atoms with Crippen LogP contribution in [0.15, 0.2) is 0 Å². The van der Waals surface area contributed by atoms with Crippen LogP contribution >= 0.6 is 0 Å². The van der Waals surface area contributed by atoms with Crippen molar-refractivity contribution in [3.8, 4) is 0 Å². The van der Waals surface area contributed by atoms with Crippen molar-refractivity contribution in [2.75, 3.05) is 0 Å². The Kier molecular flexibility index (Phi) is 0. The maximum Gasteiger partial charge on any atom is -0.0683 e. The van der Waals surface area contributed by atoms with Crippen LogP contribution in [-0.2, 0) is 0 Å². The molecule has 0 bridgehead atoms. The zero-order valence-electron chi connectivity index (χ0n) is 3.71. The molecule has 0 rings (SSSR count). The molecule has 0 nitrogen and oxygen atoms in total. The average Bonchev–Trinajstić information content (AvgIpc) is 1.50. The van der Waals surface area contributed by atoms with Crippen molar-refractivity contribution < 1.29 is 0 Å². The minimum atomic E-state index is 0. The second kappa shape index (κ2) is 0. The van der Waals surface area contributed by atoms with Crippen LogP contribution in [0.5, 0.6) is 0 Å². The van der Waals surface area contributed by atoms with E-state index in [1.807, 2.05) is 13.8 Å². The van der Waals surface area contributed by atoms with Crippen LogP contribution in [0.3, 0.4) is 0 Å². The lowest BCUT2D eigenvalue weighted by Crippen LogP contribution is -0.888. The minimum Gasteiger partial charge on any atom is -0.346 e. The summed E-state index contributed by atoms with van der Waals surface area (Å²) < 4.78 is 0. The SMILES string of the molecule is C.C.CC.[CH2-]C. The molecule has 0 saturated carbocycles. The first kappa shape index (κ1) is 37.5. The quantitative estimate of drug-likeness (QED) is 0.402. The highest BCUT2D eigenvalue weighted by Crippen LogP contribution is 1.14. The fourth-order valence-corrected chi connectivity index (χ4v) is 0. The second-order valence-electron chi connectivity index (χ2n) is 0. The molecule has 0 aliphatic heterocycles. The molecule has 0 heterocycles. The summed E-state index contributed by atoms with van der Waals surface area (Å²) in [6.45, 7) is 9.00. The normalized spacial score (nSPS) is 2.00. The van der Waals surface area contributed by atoms with Crippen molar-refractivity contribution in [2.45, 2.75) is 35.6 Å². The predicted molar refractivity (Wildman–Crippen MR) is 35.8 cm³/mol. The molecule has 6 heavy (non-hydrogen) atoms. The van der Waals surface area contributed by atoms with E-state index >= 15 is 0 Å². The molecule has 44 valence electrons. The molecule has 0 aliphatic rings. The van der Waals surface area contributed by atoms with Gasteiger partial charge < -0.3 is 6.92 Å². The first-order valence-corrected chi connectivity index (χ1v) is 1.71. The standard InChI is InChI=1S/C2H6.C2H5.2CH4/c2*1-2;;/h1-2H3;1H2,2H3;2*1H4/q;-1;;. The van der Waals surface area contributed by atoms with Crippen molar-refractivity contribution >= 4 is 0 Å². The van der Waals surface area contributed by atoms with Gasteiger partial charge in [0.15, 0.2) is 0 Å². The zero-order chi connectivity index (χ0) is 4.00. The molecule has 0 radical (unpaired) electrons. The Balaban J connectivity index is -0.00000000500. The van der Waals surface area contributed by atoms with Gasteiger partial charge >= 0.3 is 0 Å². The Morgan fingerprint density at radius 3 is 0.833 bits per heavy atom. The van der Waals surface area contributed by atoms with Crippen molar-refractivity contribution in [1.29, 1.82) is 0 Å². The van der Waals surface area contributed by atoms with Gasteiger partial charge in [0.2, 0.25) is 0 Å². The van der Waals surface area contributed by atoms with E-state index in [1.54, 1.807) is 6.92 Å². The maximum atomic E-state index is 3.25.